The van der Waals surface area contributed by atoms with Crippen LogP contribution in [-0.2, 0) is 6.61 Å². The van der Waals surface area contributed by atoms with Crippen LogP contribution in [0.15, 0.2) is 60.7 Å². The Bertz CT molecular complexity index is 995. The highest BCUT2D eigenvalue weighted by Crippen LogP contribution is 2.24. The molecular formula is C24H25NO3. The third-order valence-corrected chi connectivity index (χ3v) is 4.81. The van der Waals surface area contributed by atoms with Crippen LogP contribution in [0.2, 0.25) is 0 Å². The van der Waals surface area contributed by atoms with E-state index in [9.17, 15) is 4.79 Å². The van der Waals surface area contributed by atoms with Crippen molar-refractivity contribution < 1.29 is 14.3 Å². The molecule has 0 aliphatic heterocycles. The highest BCUT2D eigenvalue weighted by atomic mass is 16.5. The zero-order valence-electron chi connectivity index (χ0n) is 16.7. The molecule has 0 fully saturated rings. The number of methoxy groups -OCH3 is 1. The maximum absolute atomic E-state index is 12.7. The van der Waals surface area contributed by atoms with Crippen LogP contribution in [0.4, 0.5) is 5.69 Å². The predicted molar refractivity (Wildman–Crippen MR) is 112 cm³/mol. The molecule has 3 aromatic rings. The predicted octanol–water partition coefficient (Wildman–Crippen LogP) is 5.45. The summed E-state index contributed by atoms with van der Waals surface area (Å²) in [5.41, 5.74) is 5.59. The van der Waals surface area contributed by atoms with E-state index in [-0.39, 0.29) is 5.91 Å². The molecule has 3 rings (SSSR count). The minimum absolute atomic E-state index is 0.163. The van der Waals surface area contributed by atoms with Crippen LogP contribution in [-0.4, -0.2) is 13.0 Å². The molecule has 0 aliphatic carbocycles. The average Bonchev–Trinajstić information content (AvgIpc) is 2.70. The van der Waals surface area contributed by atoms with Crippen molar-refractivity contribution in [3.63, 3.8) is 0 Å². The van der Waals surface area contributed by atoms with Gasteiger partial charge in [-0.25, -0.2) is 0 Å². The lowest BCUT2D eigenvalue weighted by atomic mass is 10.1. The second-order valence-corrected chi connectivity index (χ2v) is 6.83. The van der Waals surface area contributed by atoms with Crippen LogP contribution in [0, 0.1) is 20.8 Å². The Balaban J connectivity index is 1.78. The number of para-hydroxylation sites is 1. The molecule has 28 heavy (non-hydrogen) atoms. The number of hydrogen-bond acceptors (Lipinski definition) is 3. The lowest BCUT2D eigenvalue weighted by Gasteiger charge is -2.13. The van der Waals surface area contributed by atoms with E-state index >= 15 is 0 Å². The lowest BCUT2D eigenvalue weighted by molar-refractivity contribution is 0.102. The molecule has 0 radical (unpaired) electrons. The van der Waals surface area contributed by atoms with Crippen molar-refractivity contribution in [3.8, 4) is 11.5 Å². The van der Waals surface area contributed by atoms with E-state index < -0.39 is 0 Å². The summed E-state index contributed by atoms with van der Waals surface area (Å²) in [7, 11) is 1.61. The molecule has 0 spiro atoms. The number of ether oxygens (including phenoxy) is 2. The van der Waals surface area contributed by atoms with Gasteiger partial charge in [-0.05, 0) is 73.9 Å². The largest absolute Gasteiger partial charge is 0.496 e. The fourth-order valence-corrected chi connectivity index (χ4v) is 2.91. The van der Waals surface area contributed by atoms with Crippen LogP contribution in [0.25, 0.3) is 0 Å². The quantitative estimate of drug-likeness (QED) is 0.623. The van der Waals surface area contributed by atoms with Gasteiger partial charge in [-0.3, -0.25) is 4.79 Å². The maximum Gasteiger partial charge on any atom is 0.255 e. The van der Waals surface area contributed by atoms with Crippen molar-refractivity contribution in [3.05, 3.63) is 88.5 Å². The zero-order chi connectivity index (χ0) is 20.1. The highest BCUT2D eigenvalue weighted by Gasteiger charge is 2.12. The first-order valence-corrected chi connectivity index (χ1v) is 9.22. The Kier molecular flexibility index (Phi) is 5.99. The van der Waals surface area contributed by atoms with Crippen LogP contribution in [0.1, 0.15) is 32.6 Å². The lowest BCUT2D eigenvalue weighted by Crippen LogP contribution is -2.13. The summed E-state index contributed by atoms with van der Waals surface area (Å²) in [6.07, 6.45) is 0. The number of rotatable bonds is 6. The Hall–Kier alpha value is -3.27. The number of carbonyl (C=O) groups excluding carboxylic acids is 1. The number of nitrogens with one attached hydrogen (secondary N) is 1. The minimum atomic E-state index is -0.163. The van der Waals surface area contributed by atoms with Crippen LogP contribution in [0.5, 0.6) is 11.5 Å². The number of carbonyl (C=O) groups is 1. The molecule has 0 heterocycles. The molecule has 0 atom stereocenters. The Morgan fingerprint density at radius 3 is 2.39 bits per heavy atom. The van der Waals surface area contributed by atoms with Crippen molar-refractivity contribution in [2.24, 2.45) is 0 Å². The van der Waals surface area contributed by atoms with Crippen molar-refractivity contribution >= 4 is 11.6 Å². The van der Waals surface area contributed by atoms with E-state index in [1.165, 1.54) is 11.1 Å². The van der Waals surface area contributed by atoms with Gasteiger partial charge in [-0.15, -0.1) is 0 Å². The summed E-state index contributed by atoms with van der Waals surface area (Å²) in [6.45, 7) is 6.40. The minimum Gasteiger partial charge on any atom is -0.496 e. The number of benzene rings is 3. The molecule has 0 bridgehead atoms. The highest BCUT2D eigenvalue weighted by molar-refractivity contribution is 6.04. The summed E-state index contributed by atoms with van der Waals surface area (Å²) in [5.74, 6) is 1.32. The smallest absolute Gasteiger partial charge is 0.255 e. The first kappa shape index (κ1) is 19.5. The van der Waals surface area contributed by atoms with Gasteiger partial charge in [0.15, 0.2) is 0 Å². The van der Waals surface area contributed by atoms with Gasteiger partial charge in [0, 0.05) is 16.8 Å². The van der Waals surface area contributed by atoms with E-state index in [1.807, 2.05) is 55.5 Å². The molecule has 0 saturated heterocycles. The molecule has 0 aromatic heterocycles. The SMILES string of the molecule is COc1ccc(C(=O)Nc2ccccc2C)cc1COc1ccc(C)c(C)c1. The third-order valence-electron chi connectivity index (χ3n) is 4.81. The van der Waals surface area contributed by atoms with Crippen molar-refractivity contribution in [1.82, 2.24) is 0 Å². The Morgan fingerprint density at radius 2 is 1.68 bits per heavy atom. The van der Waals surface area contributed by atoms with Crippen molar-refractivity contribution in [1.29, 1.82) is 0 Å². The third kappa shape index (κ3) is 4.52. The van der Waals surface area contributed by atoms with Crippen LogP contribution >= 0.6 is 0 Å². The molecule has 0 saturated carbocycles. The number of hydrogen-bond donors (Lipinski definition) is 1. The van der Waals surface area contributed by atoms with Gasteiger partial charge < -0.3 is 14.8 Å². The summed E-state index contributed by atoms with van der Waals surface area (Å²) in [5, 5.41) is 2.96. The topological polar surface area (TPSA) is 47.6 Å². The molecule has 4 heteroatoms. The summed E-state index contributed by atoms with van der Waals surface area (Å²) in [6, 6.07) is 19.1. The molecule has 0 aliphatic rings. The van der Waals surface area contributed by atoms with Gasteiger partial charge >= 0.3 is 0 Å². The first-order valence-electron chi connectivity index (χ1n) is 9.22. The first-order chi connectivity index (χ1) is 13.5. The average molecular weight is 375 g/mol. The van der Waals surface area contributed by atoms with Crippen LogP contribution in [0.3, 0.4) is 0 Å². The second-order valence-electron chi connectivity index (χ2n) is 6.83. The van der Waals surface area contributed by atoms with Crippen molar-refractivity contribution in [2.75, 3.05) is 12.4 Å². The van der Waals surface area contributed by atoms with E-state index in [1.54, 1.807) is 19.2 Å². The zero-order valence-corrected chi connectivity index (χ0v) is 16.7. The molecule has 1 N–H and O–H groups in total. The van der Waals surface area contributed by atoms with Gasteiger partial charge in [0.1, 0.15) is 18.1 Å². The van der Waals surface area contributed by atoms with E-state index in [2.05, 4.69) is 19.2 Å². The van der Waals surface area contributed by atoms with Crippen molar-refractivity contribution in [2.45, 2.75) is 27.4 Å². The summed E-state index contributed by atoms with van der Waals surface area (Å²) >= 11 is 0. The van der Waals surface area contributed by atoms with Gasteiger partial charge in [0.05, 0.1) is 7.11 Å². The van der Waals surface area contributed by atoms with E-state index in [0.29, 0.717) is 17.9 Å². The second kappa shape index (κ2) is 8.61. The van der Waals surface area contributed by atoms with E-state index in [4.69, 9.17) is 9.47 Å². The summed E-state index contributed by atoms with van der Waals surface area (Å²) < 4.78 is 11.4. The fraction of sp³-hybridized carbons (Fsp3) is 0.208. The monoisotopic (exact) mass is 375 g/mol. The normalized spacial score (nSPS) is 10.4. The standard InChI is InChI=1S/C24H25NO3/c1-16-9-11-21(13-18(16)3)28-15-20-14-19(10-12-23(20)27-4)24(26)25-22-8-6-5-7-17(22)2/h5-14H,15H2,1-4H3,(H,25,26). The Morgan fingerprint density at radius 1 is 0.893 bits per heavy atom. The van der Waals surface area contributed by atoms with E-state index in [0.717, 1.165) is 22.6 Å². The molecule has 0 unspecified atom stereocenters. The molecule has 144 valence electrons. The fourth-order valence-electron chi connectivity index (χ4n) is 2.91. The molecule has 4 nitrogen and oxygen atoms in total. The summed E-state index contributed by atoms with van der Waals surface area (Å²) in [4.78, 5) is 12.7. The number of aryl methyl sites for hydroxylation is 3. The molecule has 3 aromatic carbocycles. The number of anilines is 1. The number of amides is 1. The van der Waals surface area contributed by atoms with Gasteiger partial charge in [-0.1, -0.05) is 24.3 Å². The molecular weight excluding hydrogens is 350 g/mol. The van der Waals surface area contributed by atoms with Crippen LogP contribution < -0.4 is 14.8 Å². The van der Waals surface area contributed by atoms with Gasteiger partial charge in [0.2, 0.25) is 0 Å². The Labute approximate surface area is 166 Å². The maximum atomic E-state index is 12.7. The van der Waals surface area contributed by atoms with Gasteiger partial charge in [0.25, 0.3) is 5.91 Å². The van der Waals surface area contributed by atoms with Gasteiger partial charge in [-0.2, -0.15) is 0 Å². The molecule has 1 amide bonds.